The van der Waals surface area contributed by atoms with Crippen molar-refractivity contribution < 1.29 is 33.1 Å². The van der Waals surface area contributed by atoms with Gasteiger partial charge in [0.05, 0.1) is 19.1 Å². The lowest BCUT2D eigenvalue weighted by molar-refractivity contribution is -0.192. The number of Topliss-reactive ketones (excluding diaryl/α,β-unsaturated/α-hetero) is 1. The van der Waals surface area contributed by atoms with Crippen LogP contribution in [0.15, 0.2) is 47.5 Å². The third-order valence-corrected chi connectivity index (χ3v) is 8.37. The Kier molecular flexibility index (Phi) is 5.13. The van der Waals surface area contributed by atoms with Gasteiger partial charge in [-0.05, 0) is 29.7 Å². The highest BCUT2D eigenvalue weighted by molar-refractivity contribution is 6.15. The van der Waals surface area contributed by atoms with Gasteiger partial charge in [0.1, 0.15) is 23.7 Å². The number of amides is 2. The first-order valence-corrected chi connectivity index (χ1v) is 12.9. The predicted molar refractivity (Wildman–Crippen MR) is 131 cm³/mol. The number of furan rings is 1. The topological polar surface area (TPSA) is 119 Å². The number of aromatic nitrogens is 1. The number of carbonyl (C=O) groups excluding carboxylic acids is 4. The van der Waals surface area contributed by atoms with Crippen molar-refractivity contribution in [1.82, 2.24) is 14.8 Å². The summed E-state index contributed by atoms with van der Waals surface area (Å²) in [6, 6.07) is 3.46. The molecule has 6 atom stereocenters. The van der Waals surface area contributed by atoms with E-state index in [1.807, 2.05) is 26.0 Å². The Labute approximate surface area is 220 Å². The molecule has 4 aliphatic rings. The molecule has 2 aromatic rings. The number of nitrogens with zero attached hydrogens (tertiary/aromatic N) is 3. The van der Waals surface area contributed by atoms with E-state index in [1.54, 1.807) is 44.1 Å². The van der Waals surface area contributed by atoms with Crippen LogP contribution in [0.1, 0.15) is 57.7 Å². The normalized spacial score (nSPS) is 31.8. The third-order valence-electron chi connectivity index (χ3n) is 8.37. The number of rotatable bonds is 8. The van der Waals surface area contributed by atoms with E-state index >= 15 is 0 Å². The van der Waals surface area contributed by atoms with E-state index in [2.05, 4.69) is 4.98 Å². The number of likely N-dealkylation sites (tertiary alicyclic amines) is 1. The van der Waals surface area contributed by atoms with E-state index in [9.17, 15) is 19.2 Å². The maximum Gasteiger partial charge on any atom is 0.412 e. The molecule has 2 amide bonds. The molecule has 0 aromatic carbocycles. The predicted octanol–water partition coefficient (Wildman–Crippen LogP) is 3.30. The largest absolute Gasteiger partial charge is 0.472 e. The Bertz CT molecular complexity index is 1320. The molecule has 2 saturated heterocycles. The number of piperidine rings is 1. The Balaban J connectivity index is 1.45. The van der Waals surface area contributed by atoms with Gasteiger partial charge in [0.2, 0.25) is 5.91 Å². The molecule has 0 N–H and O–H groups in total. The van der Waals surface area contributed by atoms with Crippen molar-refractivity contribution in [1.29, 1.82) is 0 Å². The fourth-order valence-electron chi connectivity index (χ4n) is 6.70. The van der Waals surface area contributed by atoms with E-state index in [4.69, 9.17) is 13.9 Å². The molecule has 0 bridgehead atoms. The maximum absolute atomic E-state index is 14.1. The van der Waals surface area contributed by atoms with Crippen molar-refractivity contribution in [2.45, 2.75) is 58.3 Å². The van der Waals surface area contributed by atoms with E-state index in [-0.39, 0.29) is 36.9 Å². The second-order valence-corrected chi connectivity index (χ2v) is 12.1. The summed E-state index contributed by atoms with van der Waals surface area (Å²) < 4.78 is 16.3. The highest BCUT2D eigenvalue weighted by Gasteiger charge is 3.11. The summed E-state index contributed by atoms with van der Waals surface area (Å²) in [5.74, 6) is -1.93. The monoisotopic (exact) mass is 521 g/mol. The summed E-state index contributed by atoms with van der Waals surface area (Å²) in [5.41, 5.74) is -1.38. The molecule has 10 heteroatoms. The number of pyridine rings is 1. The first-order valence-electron chi connectivity index (χ1n) is 12.9. The Morgan fingerprint density at radius 1 is 1.16 bits per heavy atom. The smallest absolute Gasteiger partial charge is 0.412 e. The zero-order valence-electron chi connectivity index (χ0n) is 22.0. The van der Waals surface area contributed by atoms with Crippen molar-refractivity contribution >= 4 is 23.8 Å². The number of hydrogen-bond acceptors (Lipinski definition) is 8. The summed E-state index contributed by atoms with van der Waals surface area (Å²) in [6.07, 6.45) is 5.79. The quantitative estimate of drug-likeness (QED) is 0.295. The highest BCUT2D eigenvalue weighted by atomic mass is 16.6. The van der Waals surface area contributed by atoms with Crippen LogP contribution in [0.25, 0.3) is 0 Å². The summed E-state index contributed by atoms with van der Waals surface area (Å²) in [4.78, 5) is 61.6. The molecule has 2 aliphatic heterocycles. The molecular weight excluding hydrogens is 490 g/mol. The second kappa shape index (κ2) is 7.91. The van der Waals surface area contributed by atoms with Gasteiger partial charge in [0, 0.05) is 35.2 Å². The second-order valence-electron chi connectivity index (χ2n) is 12.1. The van der Waals surface area contributed by atoms with Crippen molar-refractivity contribution in [3.63, 3.8) is 0 Å². The van der Waals surface area contributed by atoms with Crippen molar-refractivity contribution in [3.8, 4) is 0 Å². The van der Waals surface area contributed by atoms with Crippen LogP contribution in [-0.4, -0.2) is 63.5 Å². The molecule has 2 aliphatic carbocycles. The summed E-state index contributed by atoms with van der Waals surface area (Å²) in [5, 5.41) is 0. The molecule has 4 heterocycles. The van der Waals surface area contributed by atoms with E-state index in [0.29, 0.717) is 5.56 Å². The molecule has 4 fully saturated rings. The van der Waals surface area contributed by atoms with Crippen LogP contribution in [0.3, 0.4) is 0 Å². The summed E-state index contributed by atoms with van der Waals surface area (Å²) in [7, 11) is 0. The molecule has 1 unspecified atom stereocenters. The van der Waals surface area contributed by atoms with Crippen molar-refractivity contribution in [2.75, 3.05) is 13.2 Å². The van der Waals surface area contributed by atoms with Gasteiger partial charge in [0.15, 0.2) is 11.8 Å². The van der Waals surface area contributed by atoms with E-state index in [0.717, 1.165) is 5.56 Å². The van der Waals surface area contributed by atoms with Crippen LogP contribution in [0.2, 0.25) is 0 Å². The van der Waals surface area contributed by atoms with Crippen LogP contribution in [0, 0.1) is 22.7 Å². The molecule has 38 heavy (non-hydrogen) atoms. The standard InChI is InChI=1S/C28H31N3O7/c1-15(2)12-37-23(33)20(22(32)26(3,4)5)31-24(34)27-19(16-6-9-29-10-7-16)21(27)28(27,31)30-18(14-38-25(30)35)17-8-11-36-13-17/h6-11,13,15,18-21H,12,14H2,1-5H3/t18-,19?,20-,21-,27-,28+/m1/s1. The van der Waals surface area contributed by atoms with Crippen LogP contribution in [0.4, 0.5) is 4.79 Å². The van der Waals surface area contributed by atoms with Gasteiger partial charge in [-0.2, -0.15) is 0 Å². The summed E-state index contributed by atoms with van der Waals surface area (Å²) in [6.45, 7) is 9.08. The third kappa shape index (κ3) is 2.91. The molecule has 0 radical (unpaired) electrons. The van der Waals surface area contributed by atoms with Crippen LogP contribution >= 0.6 is 0 Å². The Hall–Kier alpha value is -3.69. The van der Waals surface area contributed by atoms with Gasteiger partial charge in [-0.25, -0.2) is 9.59 Å². The minimum atomic E-state index is -1.48. The fourth-order valence-corrected chi connectivity index (χ4v) is 6.70. The highest BCUT2D eigenvalue weighted by Crippen LogP contribution is 2.98. The minimum absolute atomic E-state index is 0.0427. The molecule has 1 spiro atoms. The zero-order valence-corrected chi connectivity index (χ0v) is 22.0. The number of cyclic esters (lactones) is 1. The van der Waals surface area contributed by atoms with Crippen LogP contribution in [-0.2, 0) is 23.9 Å². The summed E-state index contributed by atoms with van der Waals surface area (Å²) >= 11 is 0. The van der Waals surface area contributed by atoms with E-state index < -0.39 is 46.4 Å². The molecule has 200 valence electrons. The molecule has 6 rings (SSSR count). The maximum atomic E-state index is 14.1. The fraction of sp³-hybridized carbons (Fsp3) is 0.536. The Morgan fingerprint density at radius 3 is 2.45 bits per heavy atom. The number of fused-ring (bicyclic) bond motifs is 1. The lowest BCUT2D eigenvalue weighted by Gasteiger charge is -2.56. The molecule has 2 saturated carbocycles. The zero-order chi connectivity index (χ0) is 27.2. The number of β-lactam (4-membered cyclic amide) rings is 1. The van der Waals surface area contributed by atoms with Crippen molar-refractivity contribution in [2.24, 2.45) is 22.7 Å². The first kappa shape index (κ1) is 24.6. The average Bonchev–Trinajstić information content (AvgIpc) is 3.46. The van der Waals surface area contributed by atoms with Crippen LogP contribution in [0.5, 0.6) is 0 Å². The number of carbonyl (C=O) groups is 4. The molecule has 10 nitrogen and oxygen atoms in total. The lowest BCUT2D eigenvalue weighted by Crippen LogP contribution is -2.76. The van der Waals surface area contributed by atoms with E-state index in [1.165, 1.54) is 17.4 Å². The van der Waals surface area contributed by atoms with Gasteiger partial charge in [-0.1, -0.05) is 34.6 Å². The first-order chi connectivity index (χ1) is 18.0. The van der Waals surface area contributed by atoms with Gasteiger partial charge in [0.25, 0.3) is 0 Å². The lowest BCUT2D eigenvalue weighted by atomic mass is 9.76. The van der Waals surface area contributed by atoms with Gasteiger partial charge in [-0.3, -0.25) is 24.4 Å². The van der Waals surface area contributed by atoms with Crippen molar-refractivity contribution in [3.05, 3.63) is 54.2 Å². The van der Waals surface area contributed by atoms with Gasteiger partial charge >= 0.3 is 12.1 Å². The number of hydrogen-bond donors (Lipinski definition) is 0. The van der Waals surface area contributed by atoms with Gasteiger partial charge < -0.3 is 13.9 Å². The molecular formula is C28H31N3O7. The van der Waals surface area contributed by atoms with Gasteiger partial charge in [-0.15, -0.1) is 0 Å². The Morgan fingerprint density at radius 2 is 1.87 bits per heavy atom. The number of ether oxygens (including phenoxy) is 2. The SMILES string of the molecule is CC(C)COC(=O)[C@@H](C(=O)C(C)(C)C)N1C(=O)[C@@]23C(c4ccncc4)[C@H]2[C@]13N1C(=O)OC[C@@H]1c1ccoc1. The average molecular weight is 522 g/mol. The van der Waals surface area contributed by atoms with Crippen LogP contribution < -0.4 is 0 Å². The number of ketones is 1. The minimum Gasteiger partial charge on any atom is -0.472 e. The molecule has 2 aromatic heterocycles. The number of esters is 1.